The standard InChI is InChI=1S/C20H24N2O2S/c1-21(2)12-13-22-18-6-4-5-7-19(18)25-14-17(20(22)23)15-8-10-16(24-3)11-9-15/h4-11,17H,12-14H2,1-3H3. The fourth-order valence-corrected chi connectivity index (χ4v) is 4.14. The van der Waals surface area contributed by atoms with Gasteiger partial charge < -0.3 is 14.5 Å². The Morgan fingerprint density at radius 2 is 1.88 bits per heavy atom. The van der Waals surface area contributed by atoms with Crippen LogP contribution in [0.15, 0.2) is 53.4 Å². The van der Waals surface area contributed by atoms with E-state index in [1.54, 1.807) is 18.9 Å². The van der Waals surface area contributed by atoms with E-state index in [0.29, 0.717) is 6.54 Å². The molecule has 3 rings (SSSR count). The minimum absolute atomic E-state index is 0.148. The lowest BCUT2D eigenvalue weighted by atomic mass is 9.99. The predicted octanol–water partition coefficient (Wildman–Crippen LogP) is 3.48. The molecule has 2 aromatic rings. The molecule has 1 atom stereocenters. The summed E-state index contributed by atoms with van der Waals surface area (Å²) in [5.74, 6) is 1.58. The Bertz CT molecular complexity index is 731. The number of amides is 1. The molecule has 0 spiro atoms. The lowest BCUT2D eigenvalue weighted by Gasteiger charge is -2.27. The molecule has 0 saturated heterocycles. The molecule has 25 heavy (non-hydrogen) atoms. The average molecular weight is 356 g/mol. The molecule has 5 heteroatoms. The zero-order valence-corrected chi connectivity index (χ0v) is 15.8. The van der Waals surface area contributed by atoms with Crippen LogP contribution < -0.4 is 9.64 Å². The second kappa shape index (κ2) is 7.93. The van der Waals surface area contributed by atoms with E-state index < -0.39 is 0 Å². The Labute approximate surface area is 153 Å². The van der Waals surface area contributed by atoms with Gasteiger partial charge in [0.1, 0.15) is 5.75 Å². The topological polar surface area (TPSA) is 32.8 Å². The van der Waals surface area contributed by atoms with Crippen LogP contribution in [0.5, 0.6) is 5.75 Å². The number of rotatable bonds is 5. The van der Waals surface area contributed by atoms with Crippen molar-refractivity contribution in [1.82, 2.24) is 4.90 Å². The van der Waals surface area contributed by atoms with Gasteiger partial charge in [0, 0.05) is 23.7 Å². The van der Waals surface area contributed by atoms with Gasteiger partial charge in [-0.3, -0.25) is 4.79 Å². The average Bonchev–Trinajstić information content (AvgIpc) is 2.76. The predicted molar refractivity (Wildman–Crippen MR) is 104 cm³/mol. The third-order valence-corrected chi connectivity index (χ3v) is 5.57. The molecule has 132 valence electrons. The highest BCUT2D eigenvalue weighted by Crippen LogP contribution is 2.39. The molecular formula is C20H24N2O2S. The van der Waals surface area contributed by atoms with Crippen LogP contribution in [0.4, 0.5) is 5.69 Å². The summed E-state index contributed by atoms with van der Waals surface area (Å²) in [6.45, 7) is 1.52. The number of carbonyl (C=O) groups is 1. The summed E-state index contributed by atoms with van der Waals surface area (Å²) in [5, 5.41) is 0. The summed E-state index contributed by atoms with van der Waals surface area (Å²) in [7, 11) is 5.72. The Kier molecular flexibility index (Phi) is 5.66. The van der Waals surface area contributed by atoms with Crippen LogP contribution in [0.2, 0.25) is 0 Å². The van der Waals surface area contributed by atoms with Crippen molar-refractivity contribution in [3.63, 3.8) is 0 Å². The molecule has 0 saturated carbocycles. The van der Waals surface area contributed by atoms with Crippen LogP contribution in [-0.4, -0.2) is 50.9 Å². The number of anilines is 1. The van der Waals surface area contributed by atoms with Crippen molar-refractivity contribution in [1.29, 1.82) is 0 Å². The van der Waals surface area contributed by atoms with E-state index >= 15 is 0 Å². The molecule has 1 heterocycles. The lowest BCUT2D eigenvalue weighted by Crippen LogP contribution is -2.39. The van der Waals surface area contributed by atoms with Crippen LogP contribution in [0, 0.1) is 0 Å². The quantitative estimate of drug-likeness (QED) is 0.821. The minimum atomic E-state index is -0.148. The van der Waals surface area contributed by atoms with E-state index in [2.05, 4.69) is 11.0 Å². The highest BCUT2D eigenvalue weighted by molar-refractivity contribution is 7.99. The molecule has 0 fully saturated rings. The van der Waals surface area contributed by atoms with Crippen molar-refractivity contribution in [2.24, 2.45) is 0 Å². The monoisotopic (exact) mass is 356 g/mol. The van der Waals surface area contributed by atoms with E-state index in [-0.39, 0.29) is 11.8 Å². The molecule has 1 aliphatic heterocycles. The number of ether oxygens (including phenoxy) is 1. The first-order valence-corrected chi connectivity index (χ1v) is 9.40. The molecule has 0 aliphatic carbocycles. The van der Waals surface area contributed by atoms with Gasteiger partial charge in [-0.1, -0.05) is 24.3 Å². The number of likely N-dealkylation sites (N-methyl/N-ethyl adjacent to an activating group) is 1. The van der Waals surface area contributed by atoms with Gasteiger partial charge in [-0.2, -0.15) is 0 Å². The number of para-hydroxylation sites is 1. The number of nitrogens with zero attached hydrogens (tertiary/aromatic N) is 2. The largest absolute Gasteiger partial charge is 0.497 e. The van der Waals surface area contributed by atoms with E-state index in [9.17, 15) is 4.79 Å². The molecule has 0 bridgehead atoms. The maximum Gasteiger partial charge on any atom is 0.235 e. The Morgan fingerprint density at radius 3 is 2.56 bits per heavy atom. The van der Waals surface area contributed by atoms with Crippen LogP contribution in [0.3, 0.4) is 0 Å². The number of thioether (sulfide) groups is 1. The first-order valence-electron chi connectivity index (χ1n) is 8.42. The number of methoxy groups -OCH3 is 1. The third-order valence-electron chi connectivity index (χ3n) is 4.41. The Hall–Kier alpha value is -1.98. The molecule has 2 aromatic carbocycles. The van der Waals surface area contributed by atoms with E-state index in [1.807, 2.05) is 61.5 Å². The normalized spacial score (nSPS) is 17.4. The van der Waals surface area contributed by atoms with Crippen LogP contribution in [0.25, 0.3) is 0 Å². The molecule has 1 unspecified atom stereocenters. The summed E-state index contributed by atoms with van der Waals surface area (Å²) in [5.41, 5.74) is 2.07. The summed E-state index contributed by atoms with van der Waals surface area (Å²) in [6, 6.07) is 16.0. The summed E-state index contributed by atoms with van der Waals surface area (Å²) in [4.78, 5) is 18.6. The maximum atomic E-state index is 13.3. The van der Waals surface area contributed by atoms with Crippen LogP contribution >= 0.6 is 11.8 Å². The number of carbonyl (C=O) groups excluding carboxylic acids is 1. The van der Waals surface area contributed by atoms with Crippen molar-refractivity contribution >= 4 is 23.4 Å². The van der Waals surface area contributed by atoms with Gasteiger partial charge in [0.05, 0.1) is 18.7 Å². The first kappa shape index (κ1) is 17.8. The van der Waals surface area contributed by atoms with Crippen molar-refractivity contribution in [2.45, 2.75) is 10.8 Å². The molecule has 1 aliphatic rings. The van der Waals surface area contributed by atoms with E-state index in [4.69, 9.17) is 4.74 Å². The summed E-state index contributed by atoms with van der Waals surface area (Å²) in [6.07, 6.45) is 0. The van der Waals surface area contributed by atoms with Crippen molar-refractivity contribution in [3.05, 3.63) is 54.1 Å². The molecule has 0 N–H and O–H groups in total. The molecule has 1 amide bonds. The van der Waals surface area contributed by atoms with Gasteiger partial charge in [-0.25, -0.2) is 0 Å². The lowest BCUT2D eigenvalue weighted by molar-refractivity contribution is -0.119. The fourth-order valence-electron chi connectivity index (χ4n) is 2.96. The second-order valence-corrected chi connectivity index (χ2v) is 7.46. The number of hydrogen-bond donors (Lipinski definition) is 0. The van der Waals surface area contributed by atoms with Crippen LogP contribution in [-0.2, 0) is 4.79 Å². The van der Waals surface area contributed by atoms with Crippen molar-refractivity contribution in [3.8, 4) is 5.75 Å². The summed E-state index contributed by atoms with van der Waals surface area (Å²) >= 11 is 1.76. The second-order valence-electron chi connectivity index (χ2n) is 6.40. The Morgan fingerprint density at radius 1 is 1.16 bits per heavy atom. The van der Waals surface area contributed by atoms with Crippen LogP contribution in [0.1, 0.15) is 11.5 Å². The zero-order chi connectivity index (χ0) is 17.8. The first-order chi connectivity index (χ1) is 12.1. The highest BCUT2D eigenvalue weighted by Gasteiger charge is 2.31. The van der Waals surface area contributed by atoms with Gasteiger partial charge in [0.15, 0.2) is 0 Å². The van der Waals surface area contributed by atoms with Gasteiger partial charge in [-0.05, 0) is 43.9 Å². The van der Waals surface area contributed by atoms with E-state index in [1.165, 1.54) is 4.90 Å². The molecular weight excluding hydrogens is 332 g/mol. The van der Waals surface area contributed by atoms with Crippen molar-refractivity contribution < 1.29 is 9.53 Å². The van der Waals surface area contributed by atoms with E-state index in [0.717, 1.165) is 29.3 Å². The molecule has 0 radical (unpaired) electrons. The maximum absolute atomic E-state index is 13.3. The smallest absolute Gasteiger partial charge is 0.235 e. The van der Waals surface area contributed by atoms with Gasteiger partial charge in [-0.15, -0.1) is 11.8 Å². The molecule has 4 nitrogen and oxygen atoms in total. The zero-order valence-electron chi connectivity index (χ0n) is 14.9. The summed E-state index contributed by atoms with van der Waals surface area (Å²) < 4.78 is 5.24. The number of fused-ring (bicyclic) bond motifs is 1. The minimum Gasteiger partial charge on any atom is -0.497 e. The van der Waals surface area contributed by atoms with Gasteiger partial charge >= 0.3 is 0 Å². The number of benzene rings is 2. The van der Waals surface area contributed by atoms with Gasteiger partial charge in [0.2, 0.25) is 5.91 Å². The van der Waals surface area contributed by atoms with Crippen molar-refractivity contribution in [2.75, 3.05) is 44.9 Å². The van der Waals surface area contributed by atoms with Gasteiger partial charge in [0.25, 0.3) is 0 Å². The highest BCUT2D eigenvalue weighted by atomic mass is 32.2. The fraction of sp³-hybridized carbons (Fsp3) is 0.350. The number of hydrogen-bond acceptors (Lipinski definition) is 4. The third kappa shape index (κ3) is 3.99. The SMILES string of the molecule is COc1ccc(C2CSc3ccccc3N(CCN(C)C)C2=O)cc1. The molecule has 0 aromatic heterocycles. The Balaban J connectivity index is 1.93.